The van der Waals surface area contributed by atoms with Crippen LogP contribution < -0.4 is 10.3 Å². The second-order valence-corrected chi connectivity index (χ2v) is 6.35. The summed E-state index contributed by atoms with van der Waals surface area (Å²) in [5.41, 5.74) is 5.56. The quantitative estimate of drug-likeness (QED) is 0.620. The molecule has 118 valence electrons. The number of nitrogens with zero attached hydrogens (tertiary/aromatic N) is 3. The van der Waals surface area contributed by atoms with Gasteiger partial charge in [0.1, 0.15) is 0 Å². The number of amidine groups is 1. The predicted molar refractivity (Wildman–Crippen MR) is 98.5 cm³/mol. The van der Waals surface area contributed by atoms with Gasteiger partial charge < -0.3 is 0 Å². The maximum absolute atomic E-state index is 4.57. The molecule has 1 aromatic heterocycles. The topological polar surface area (TPSA) is 40.5 Å². The summed E-state index contributed by atoms with van der Waals surface area (Å²) in [6.45, 7) is 3.78. The van der Waals surface area contributed by atoms with Crippen LogP contribution in [-0.4, -0.2) is 22.1 Å². The fraction of sp³-hybridized carbons (Fsp3) is 0.222. The van der Waals surface area contributed by atoms with Crippen LogP contribution in [0.4, 0.5) is 5.69 Å². The minimum Gasteiger partial charge on any atom is -0.293 e. The minimum absolute atomic E-state index is 0.102. The first-order valence-corrected chi connectivity index (χ1v) is 8.75. The number of thioether (sulfide) groups is 1. The van der Waals surface area contributed by atoms with Gasteiger partial charge in [0.25, 0.3) is 0 Å². The molecule has 1 atom stereocenters. The lowest BCUT2D eigenvalue weighted by Crippen LogP contribution is -2.38. The first kappa shape index (κ1) is 15.6. The number of benzene rings is 1. The molecule has 5 heteroatoms. The van der Waals surface area contributed by atoms with E-state index in [4.69, 9.17) is 0 Å². The number of allylic oxidation sites excluding steroid dienone is 1. The second-order valence-electron chi connectivity index (χ2n) is 5.16. The Hall–Kier alpha value is -2.27. The fourth-order valence-corrected chi connectivity index (χ4v) is 3.48. The summed E-state index contributed by atoms with van der Waals surface area (Å²) in [6, 6.07) is 14.3. The first-order valence-electron chi connectivity index (χ1n) is 7.70. The molecule has 0 radical (unpaired) electrons. The number of pyridine rings is 1. The van der Waals surface area contributed by atoms with E-state index >= 15 is 0 Å². The van der Waals surface area contributed by atoms with Crippen LogP contribution in [0.1, 0.15) is 18.4 Å². The van der Waals surface area contributed by atoms with Gasteiger partial charge in [-0.1, -0.05) is 24.3 Å². The van der Waals surface area contributed by atoms with Crippen molar-refractivity contribution >= 4 is 23.3 Å². The van der Waals surface area contributed by atoms with Gasteiger partial charge in [-0.2, -0.15) is 5.10 Å². The molecule has 1 aliphatic rings. The zero-order chi connectivity index (χ0) is 15.9. The van der Waals surface area contributed by atoms with Gasteiger partial charge in [-0.25, -0.2) is 0 Å². The molecular formula is C18H20N4S. The number of anilines is 1. The standard InChI is InChI=1S/C18H20N4S/c1-2-3-7-14-23-18-21-20-17(15-10-12-19-13-11-15)22(18)16-8-5-4-6-9-16/h2,4-6,8-13,18,21H,1,3,7,14H2. The molecule has 0 fully saturated rings. The summed E-state index contributed by atoms with van der Waals surface area (Å²) < 4.78 is 0. The molecule has 0 aliphatic carbocycles. The van der Waals surface area contributed by atoms with E-state index in [1.807, 2.05) is 36.0 Å². The molecule has 1 N–H and O–H groups in total. The van der Waals surface area contributed by atoms with Crippen molar-refractivity contribution in [2.24, 2.45) is 5.10 Å². The van der Waals surface area contributed by atoms with Crippen molar-refractivity contribution in [2.45, 2.75) is 18.3 Å². The molecule has 4 nitrogen and oxygen atoms in total. The Balaban J connectivity index is 1.81. The van der Waals surface area contributed by atoms with Crippen LogP contribution in [0.25, 0.3) is 0 Å². The SMILES string of the molecule is C=CCCCSC1NN=C(c2ccncc2)N1c1ccccc1. The third-order valence-electron chi connectivity index (χ3n) is 3.54. The summed E-state index contributed by atoms with van der Waals surface area (Å²) in [7, 11) is 0. The molecule has 1 aliphatic heterocycles. The highest BCUT2D eigenvalue weighted by molar-refractivity contribution is 8.00. The summed E-state index contributed by atoms with van der Waals surface area (Å²) in [4.78, 5) is 6.34. The molecule has 0 saturated carbocycles. The highest BCUT2D eigenvalue weighted by Crippen LogP contribution is 2.28. The zero-order valence-electron chi connectivity index (χ0n) is 12.9. The summed E-state index contributed by atoms with van der Waals surface area (Å²) in [5.74, 6) is 1.99. The van der Waals surface area contributed by atoms with Gasteiger partial charge in [-0.15, -0.1) is 18.3 Å². The van der Waals surface area contributed by atoms with Crippen molar-refractivity contribution in [3.8, 4) is 0 Å². The van der Waals surface area contributed by atoms with Crippen molar-refractivity contribution in [1.29, 1.82) is 0 Å². The maximum atomic E-state index is 4.57. The summed E-state index contributed by atoms with van der Waals surface area (Å²) >= 11 is 1.86. The van der Waals surface area contributed by atoms with Crippen LogP contribution in [-0.2, 0) is 0 Å². The Morgan fingerprint density at radius 3 is 2.70 bits per heavy atom. The molecule has 0 bridgehead atoms. The van der Waals surface area contributed by atoms with Gasteiger partial charge in [-0.3, -0.25) is 15.3 Å². The van der Waals surface area contributed by atoms with Crippen molar-refractivity contribution in [3.05, 3.63) is 73.1 Å². The third kappa shape index (κ3) is 3.74. The van der Waals surface area contributed by atoms with Crippen LogP contribution >= 0.6 is 11.8 Å². The van der Waals surface area contributed by atoms with E-state index in [1.54, 1.807) is 12.4 Å². The maximum Gasteiger partial charge on any atom is 0.168 e. The predicted octanol–water partition coefficient (Wildman–Crippen LogP) is 3.84. The summed E-state index contributed by atoms with van der Waals surface area (Å²) in [5, 5.41) is 4.57. The van der Waals surface area contributed by atoms with E-state index in [1.165, 1.54) is 0 Å². The van der Waals surface area contributed by atoms with Gasteiger partial charge in [0.05, 0.1) is 0 Å². The van der Waals surface area contributed by atoms with Gasteiger partial charge in [-0.05, 0) is 42.9 Å². The van der Waals surface area contributed by atoms with E-state index in [0.29, 0.717) is 0 Å². The molecule has 1 aromatic carbocycles. The lowest BCUT2D eigenvalue weighted by Gasteiger charge is -2.26. The number of aromatic nitrogens is 1. The average Bonchev–Trinajstić information content (AvgIpc) is 3.04. The average molecular weight is 324 g/mol. The molecule has 0 saturated heterocycles. The lowest BCUT2D eigenvalue weighted by molar-refractivity contribution is 0.754. The summed E-state index contributed by atoms with van der Waals surface area (Å²) in [6.07, 6.45) is 7.73. The van der Waals surface area contributed by atoms with Crippen molar-refractivity contribution in [3.63, 3.8) is 0 Å². The number of nitrogens with one attached hydrogen (secondary N) is 1. The van der Waals surface area contributed by atoms with E-state index in [2.05, 4.69) is 51.3 Å². The van der Waals surface area contributed by atoms with E-state index in [0.717, 1.165) is 35.7 Å². The molecule has 1 unspecified atom stereocenters. The van der Waals surface area contributed by atoms with Gasteiger partial charge in [0, 0.05) is 23.6 Å². The lowest BCUT2D eigenvalue weighted by atomic mass is 10.2. The molecule has 0 amide bonds. The van der Waals surface area contributed by atoms with Crippen molar-refractivity contribution in [1.82, 2.24) is 10.4 Å². The van der Waals surface area contributed by atoms with Gasteiger partial charge >= 0.3 is 0 Å². The minimum atomic E-state index is 0.102. The number of rotatable bonds is 7. The highest BCUT2D eigenvalue weighted by Gasteiger charge is 2.29. The normalized spacial score (nSPS) is 16.8. The van der Waals surface area contributed by atoms with E-state index in [-0.39, 0.29) is 5.50 Å². The Morgan fingerprint density at radius 2 is 1.96 bits per heavy atom. The molecule has 23 heavy (non-hydrogen) atoms. The van der Waals surface area contributed by atoms with E-state index < -0.39 is 0 Å². The Labute approximate surface area is 141 Å². The molecule has 2 aromatic rings. The largest absolute Gasteiger partial charge is 0.293 e. The molecule has 0 spiro atoms. The van der Waals surface area contributed by atoms with Crippen LogP contribution in [0, 0.1) is 0 Å². The van der Waals surface area contributed by atoms with E-state index in [9.17, 15) is 0 Å². The number of para-hydroxylation sites is 1. The Morgan fingerprint density at radius 1 is 1.17 bits per heavy atom. The van der Waals surface area contributed by atoms with Gasteiger partial charge in [0.15, 0.2) is 11.3 Å². The molecular weight excluding hydrogens is 304 g/mol. The third-order valence-corrected chi connectivity index (χ3v) is 4.70. The Kier molecular flexibility index (Phi) is 5.32. The number of unbranched alkanes of at least 4 members (excludes halogenated alkanes) is 1. The Bertz CT molecular complexity index is 657. The van der Waals surface area contributed by atoms with Crippen molar-refractivity contribution < 1.29 is 0 Å². The van der Waals surface area contributed by atoms with Crippen LogP contribution in [0.5, 0.6) is 0 Å². The number of hydrazone groups is 1. The first-order chi connectivity index (χ1) is 11.4. The highest BCUT2D eigenvalue weighted by atomic mass is 32.2. The molecule has 3 rings (SSSR count). The fourth-order valence-electron chi connectivity index (χ4n) is 2.42. The smallest absolute Gasteiger partial charge is 0.168 e. The van der Waals surface area contributed by atoms with Gasteiger partial charge in [0.2, 0.25) is 0 Å². The van der Waals surface area contributed by atoms with Crippen LogP contribution in [0.15, 0.2) is 72.6 Å². The molecule has 2 heterocycles. The number of hydrogen-bond acceptors (Lipinski definition) is 5. The van der Waals surface area contributed by atoms with Crippen molar-refractivity contribution in [2.75, 3.05) is 10.7 Å². The van der Waals surface area contributed by atoms with Crippen LogP contribution in [0.3, 0.4) is 0 Å². The van der Waals surface area contributed by atoms with Crippen LogP contribution in [0.2, 0.25) is 0 Å². The number of hydrogen-bond donors (Lipinski definition) is 1. The zero-order valence-corrected chi connectivity index (χ0v) is 13.7. The monoisotopic (exact) mass is 324 g/mol. The second kappa shape index (κ2) is 7.83.